The highest BCUT2D eigenvalue weighted by Gasteiger charge is 2.34. The van der Waals surface area contributed by atoms with Crippen molar-refractivity contribution in [2.45, 2.75) is 6.23 Å². The molecule has 5 nitrogen and oxygen atoms in total. The van der Waals surface area contributed by atoms with Crippen LogP contribution in [0.15, 0.2) is 0 Å². The molecule has 0 aliphatic carbocycles. The van der Waals surface area contributed by atoms with Gasteiger partial charge in [0.2, 0.25) is 0 Å². The van der Waals surface area contributed by atoms with Gasteiger partial charge in [-0.15, -0.1) is 0 Å². The first-order chi connectivity index (χ1) is 6.04. The monoisotopic (exact) mass is 206 g/mol. The number of nitrogens with zero attached hydrogens (tertiary/aromatic N) is 2. The van der Waals surface area contributed by atoms with Crippen LogP contribution in [0.5, 0.6) is 0 Å². The van der Waals surface area contributed by atoms with E-state index >= 15 is 0 Å². The third-order valence-electron chi connectivity index (χ3n) is 2.51. The van der Waals surface area contributed by atoms with Gasteiger partial charge >= 0.3 is 0 Å². The summed E-state index contributed by atoms with van der Waals surface area (Å²) in [5.41, 5.74) is 0. The van der Waals surface area contributed by atoms with Crippen LogP contribution in [0.1, 0.15) is 0 Å². The summed E-state index contributed by atoms with van der Waals surface area (Å²) in [4.78, 5) is 4.32. The van der Waals surface area contributed by atoms with E-state index in [4.69, 9.17) is 4.18 Å². The molecule has 0 spiro atoms. The van der Waals surface area contributed by atoms with Crippen LogP contribution >= 0.6 is 0 Å². The summed E-state index contributed by atoms with van der Waals surface area (Å²) < 4.78 is 26.8. The minimum absolute atomic E-state index is 0.252. The Bertz CT molecular complexity index is 282. The van der Waals surface area contributed by atoms with Crippen molar-refractivity contribution in [2.24, 2.45) is 0 Å². The molecule has 1 unspecified atom stereocenters. The number of hydrogen-bond donors (Lipinski definition) is 0. The summed E-state index contributed by atoms with van der Waals surface area (Å²) in [7, 11) is -3.31. The minimum Gasteiger partial charge on any atom is -0.297 e. The van der Waals surface area contributed by atoms with Crippen LogP contribution in [0.4, 0.5) is 0 Å². The van der Waals surface area contributed by atoms with Gasteiger partial charge in [-0.1, -0.05) is 0 Å². The van der Waals surface area contributed by atoms with Crippen molar-refractivity contribution in [2.75, 3.05) is 39.0 Å². The second kappa shape index (κ2) is 3.20. The predicted octanol–water partition coefficient (Wildman–Crippen LogP) is -1.08. The molecule has 0 aromatic heterocycles. The Balaban J connectivity index is 2.01. The first-order valence-corrected chi connectivity index (χ1v) is 6.21. The smallest absolute Gasteiger partial charge is 0.265 e. The first kappa shape index (κ1) is 9.39. The van der Waals surface area contributed by atoms with E-state index in [0.29, 0.717) is 6.54 Å². The zero-order valence-electron chi connectivity index (χ0n) is 7.64. The summed E-state index contributed by atoms with van der Waals surface area (Å²) in [5.74, 6) is 0. The molecule has 0 aromatic carbocycles. The number of fused-ring (bicyclic) bond motifs is 3. The van der Waals surface area contributed by atoms with Crippen LogP contribution in [0.2, 0.25) is 0 Å². The van der Waals surface area contributed by atoms with Gasteiger partial charge in [-0.05, 0) is 0 Å². The molecule has 6 heteroatoms. The molecule has 3 aliphatic heterocycles. The van der Waals surface area contributed by atoms with E-state index in [1.807, 2.05) is 0 Å². The summed E-state index contributed by atoms with van der Waals surface area (Å²) >= 11 is 0. The largest absolute Gasteiger partial charge is 0.297 e. The quantitative estimate of drug-likeness (QED) is 0.538. The van der Waals surface area contributed by atoms with Crippen LogP contribution in [0.3, 0.4) is 0 Å². The van der Waals surface area contributed by atoms with Gasteiger partial charge in [0.25, 0.3) is 10.1 Å². The summed E-state index contributed by atoms with van der Waals surface area (Å²) in [6.07, 6.45) is 0.851. The summed E-state index contributed by atoms with van der Waals surface area (Å²) in [6, 6.07) is 0. The molecule has 13 heavy (non-hydrogen) atoms. The van der Waals surface area contributed by atoms with Crippen molar-refractivity contribution >= 4 is 10.1 Å². The first-order valence-electron chi connectivity index (χ1n) is 4.39. The van der Waals surface area contributed by atoms with E-state index in [0.717, 1.165) is 32.4 Å². The molecule has 0 aromatic rings. The Morgan fingerprint density at radius 1 is 1.23 bits per heavy atom. The van der Waals surface area contributed by atoms with Crippen LogP contribution in [-0.4, -0.2) is 63.4 Å². The number of hydrogen-bond acceptors (Lipinski definition) is 5. The van der Waals surface area contributed by atoms with Gasteiger partial charge in [0, 0.05) is 32.7 Å². The fourth-order valence-electron chi connectivity index (χ4n) is 1.86. The molecule has 1 atom stereocenters. The van der Waals surface area contributed by atoms with E-state index in [1.54, 1.807) is 0 Å². The van der Waals surface area contributed by atoms with E-state index in [1.165, 1.54) is 0 Å². The molecule has 3 saturated heterocycles. The fraction of sp³-hybridized carbons (Fsp3) is 1.00. The molecule has 3 aliphatic rings. The molecule has 0 saturated carbocycles. The second-order valence-electron chi connectivity index (χ2n) is 3.59. The van der Waals surface area contributed by atoms with Crippen molar-refractivity contribution in [1.29, 1.82) is 0 Å². The zero-order valence-corrected chi connectivity index (χ0v) is 8.46. The molecule has 0 radical (unpaired) electrons. The van der Waals surface area contributed by atoms with Crippen molar-refractivity contribution in [3.05, 3.63) is 0 Å². The number of rotatable bonds is 2. The molecular weight excluding hydrogens is 192 g/mol. The van der Waals surface area contributed by atoms with Gasteiger partial charge in [0.05, 0.1) is 6.26 Å². The Hall–Kier alpha value is -0.170. The number of piperazine rings is 3. The van der Waals surface area contributed by atoms with Crippen molar-refractivity contribution in [3.63, 3.8) is 0 Å². The topological polar surface area (TPSA) is 49.9 Å². The minimum atomic E-state index is -3.31. The Kier molecular flexibility index (Phi) is 2.31. The van der Waals surface area contributed by atoms with E-state index < -0.39 is 10.1 Å². The van der Waals surface area contributed by atoms with E-state index in [9.17, 15) is 8.42 Å². The Morgan fingerprint density at radius 2 is 1.85 bits per heavy atom. The van der Waals surface area contributed by atoms with Gasteiger partial charge in [0.1, 0.15) is 6.23 Å². The van der Waals surface area contributed by atoms with Gasteiger partial charge in [0.15, 0.2) is 0 Å². The highest BCUT2D eigenvalue weighted by atomic mass is 32.2. The summed E-state index contributed by atoms with van der Waals surface area (Å²) in [6.45, 7) is 4.61. The lowest BCUT2D eigenvalue weighted by Gasteiger charge is -2.46. The maximum atomic E-state index is 10.9. The van der Waals surface area contributed by atoms with E-state index in [2.05, 4.69) is 9.80 Å². The van der Waals surface area contributed by atoms with Gasteiger partial charge in [-0.2, -0.15) is 8.42 Å². The SMILES string of the molecule is CS(=O)(=O)OC1CN2CCN1CC2. The Morgan fingerprint density at radius 3 is 2.23 bits per heavy atom. The van der Waals surface area contributed by atoms with Gasteiger partial charge in [-0.3, -0.25) is 9.80 Å². The fourth-order valence-corrected chi connectivity index (χ4v) is 2.45. The highest BCUT2D eigenvalue weighted by Crippen LogP contribution is 2.17. The summed E-state index contributed by atoms with van der Waals surface area (Å²) in [5, 5.41) is 0. The lowest BCUT2D eigenvalue weighted by molar-refractivity contribution is -0.0759. The molecular formula is C7H14N2O3S. The molecule has 3 rings (SSSR count). The van der Waals surface area contributed by atoms with Gasteiger partial charge < -0.3 is 0 Å². The Labute approximate surface area is 78.4 Å². The normalized spacial score (nSPS) is 39.3. The molecule has 0 N–H and O–H groups in total. The third-order valence-corrected chi connectivity index (χ3v) is 3.09. The van der Waals surface area contributed by atoms with Crippen LogP contribution in [0, 0.1) is 0 Å². The average Bonchev–Trinajstić information content (AvgIpc) is 2.03. The standard InChI is InChI=1S/C7H14N2O3S/c1-13(10,11)12-7-6-8-2-4-9(7)5-3-8/h7H,2-6H2,1H3. The van der Waals surface area contributed by atoms with Crippen molar-refractivity contribution < 1.29 is 12.6 Å². The van der Waals surface area contributed by atoms with Crippen LogP contribution in [0.25, 0.3) is 0 Å². The molecule has 3 fully saturated rings. The molecule has 76 valence electrons. The molecule has 2 bridgehead atoms. The highest BCUT2D eigenvalue weighted by molar-refractivity contribution is 7.86. The van der Waals surface area contributed by atoms with Crippen molar-refractivity contribution in [3.8, 4) is 0 Å². The lowest BCUT2D eigenvalue weighted by atomic mass is 10.2. The van der Waals surface area contributed by atoms with Crippen LogP contribution in [-0.2, 0) is 14.3 Å². The predicted molar refractivity (Wildman–Crippen MR) is 47.7 cm³/mol. The van der Waals surface area contributed by atoms with Crippen molar-refractivity contribution in [1.82, 2.24) is 9.80 Å². The maximum absolute atomic E-state index is 10.9. The van der Waals surface area contributed by atoms with Crippen LogP contribution < -0.4 is 0 Å². The molecule has 0 amide bonds. The zero-order chi connectivity index (χ0) is 9.47. The average molecular weight is 206 g/mol. The third kappa shape index (κ3) is 2.19. The van der Waals surface area contributed by atoms with Gasteiger partial charge in [-0.25, -0.2) is 4.18 Å². The van der Waals surface area contributed by atoms with E-state index in [-0.39, 0.29) is 6.23 Å². The lowest BCUT2D eigenvalue weighted by Crippen LogP contribution is -2.61. The molecule has 3 heterocycles. The second-order valence-corrected chi connectivity index (χ2v) is 5.19. The maximum Gasteiger partial charge on any atom is 0.265 e.